The minimum atomic E-state index is 0.624. The van der Waals surface area contributed by atoms with E-state index >= 15 is 0 Å². The Labute approximate surface area is 124 Å². The number of unbranched alkanes of at least 4 members (excludes halogenated alkanes) is 2. The Hall–Kier alpha value is -0.860. The van der Waals surface area contributed by atoms with Gasteiger partial charge in [0.2, 0.25) is 0 Å². The van der Waals surface area contributed by atoms with Crippen LogP contribution in [0.3, 0.4) is 0 Å². The van der Waals surface area contributed by atoms with Crippen LogP contribution in [-0.2, 0) is 13.0 Å². The molecule has 0 amide bonds. The molecule has 0 spiro atoms. The van der Waals surface area contributed by atoms with Gasteiger partial charge in [-0.25, -0.2) is 0 Å². The van der Waals surface area contributed by atoms with Crippen molar-refractivity contribution in [2.75, 3.05) is 19.6 Å². The first-order valence-corrected chi connectivity index (χ1v) is 8.36. The van der Waals surface area contributed by atoms with Crippen LogP contribution < -0.4 is 5.32 Å². The first kappa shape index (κ1) is 15.5. The fourth-order valence-corrected chi connectivity index (χ4v) is 3.02. The van der Waals surface area contributed by atoms with Gasteiger partial charge in [0.15, 0.2) is 0 Å². The zero-order valence-electron chi connectivity index (χ0n) is 13.2. The molecule has 0 aliphatic carbocycles. The van der Waals surface area contributed by atoms with E-state index in [-0.39, 0.29) is 0 Å². The van der Waals surface area contributed by atoms with Crippen LogP contribution in [0.1, 0.15) is 50.7 Å². The third-order valence-electron chi connectivity index (χ3n) is 4.30. The molecule has 20 heavy (non-hydrogen) atoms. The lowest BCUT2D eigenvalue weighted by Gasteiger charge is -2.31. The highest BCUT2D eigenvalue weighted by Crippen LogP contribution is 2.17. The summed E-state index contributed by atoms with van der Waals surface area (Å²) < 4.78 is 0. The molecule has 0 saturated carbocycles. The summed E-state index contributed by atoms with van der Waals surface area (Å²) in [5.74, 6) is 0. The molecular weight excluding hydrogens is 244 g/mol. The summed E-state index contributed by atoms with van der Waals surface area (Å²) in [5, 5.41) is 3.72. The Morgan fingerprint density at radius 2 is 1.70 bits per heavy atom. The molecule has 1 aliphatic heterocycles. The van der Waals surface area contributed by atoms with E-state index in [9.17, 15) is 0 Å². The smallest absolute Gasteiger partial charge is 0.0238 e. The molecule has 0 fully saturated rings. The summed E-state index contributed by atoms with van der Waals surface area (Å²) in [6.45, 7) is 9.33. The van der Waals surface area contributed by atoms with E-state index in [1.54, 1.807) is 5.56 Å². The first-order valence-electron chi connectivity index (χ1n) is 8.36. The third-order valence-corrected chi connectivity index (χ3v) is 4.30. The number of hydrogen-bond donors (Lipinski definition) is 1. The molecule has 1 N–H and O–H groups in total. The van der Waals surface area contributed by atoms with E-state index in [4.69, 9.17) is 0 Å². The number of nitrogens with zero attached hydrogens (tertiary/aromatic N) is 1. The molecule has 0 aromatic heterocycles. The highest BCUT2D eigenvalue weighted by molar-refractivity contribution is 5.29. The molecule has 1 aliphatic rings. The lowest BCUT2D eigenvalue weighted by molar-refractivity contribution is 0.229. The molecule has 2 rings (SSSR count). The molecule has 1 aromatic rings. The van der Waals surface area contributed by atoms with Gasteiger partial charge in [0.25, 0.3) is 0 Å². The van der Waals surface area contributed by atoms with Crippen LogP contribution in [0.15, 0.2) is 24.3 Å². The molecule has 1 aromatic carbocycles. The van der Waals surface area contributed by atoms with Gasteiger partial charge < -0.3 is 10.2 Å². The molecule has 2 nitrogen and oxygen atoms in total. The van der Waals surface area contributed by atoms with Gasteiger partial charge in [-0.1, -0.05) is 51.0 Å². The SMILES string of the molecule is CCCCN(CCCC)CC1Cc2ccccc2CN1. The molecule has 1 heterocycles. The third kappa shape index (κ3) is 4.60. The van der Waals surface area contributed by atoms with Crippen LogP contribution in [-0.4, -0.2) is 30.6 Å². The molecule has 1 unspecified atom stereocenters. The average Bonchev–Trinajstić information content (AvgIpc) is 2.50. The van der Waals surface area contributed by atoms with E-state index in [0.717, 1.165) is 6.54 Å². The maximum atomic E-state index is 3.72. The summed E-state index contributed by atoms with van der Waals surface area (Å²) in [4.78, 5) is 2.67. The Morgan fingerprint density at radius 1 is 1.05 bits per heavy atom. The highest BCUT2D eigenvalue weighted by Gasteiger charge is 2.19. The fraction of sp³-hybridized carbons (Fsp3) is 0.667. The highest BCUT2D eigenvalue weighted by atomic mass is 15.1. The molecule has 112 valence electrons. The van der Waals surface area contributed by atoms with Crippen molar-refractivity contribution in [1.82, 2.24) is 10.2 Å². The lowest BCUT2D eigenvalue weighted by atomic mass is 9.95. The maximum absolute atomic E-state index is 3.72. The largest absolute Gasteiger partial charge is 0.308 e. The van der Waals surface area contributed by atoms with Gasteiger partial charge in [-0.2, -0.15) is 0 Å². The Balaban J connectivity index is 1.87. The fourth-order valence-electron chi connectivity index (χ4n) is 3.02. The Bertz CT molecular complexity index is 381. The summed E-state index contributed by atoms with van der Waals surface area (Å²) in [7, 11) is 0. The van der Waals surface area contributed by atoms with Crippen molar-refractivity contribution < 1.29 is 0 Å². The van der Waals surface area contributed by atoms with E-state index in [1.165, 1.54) is 57.3 Å². The number of fused-ring (bicyclic) bond motifs is 1. The zero-order valence-corrected chi connectivity index (χ0v) is 13.2. The summed E-state index contributed by atoms with van der Waals surface area (Å²) >= 11 is 0. The van der Waals surface area contributed by atoms with Crippen molar-refractivity contribution in [2.24, 2.45) is 0 Å². The second-order valence-corrected chi connectivity index (χ2v) is 6.06. The van der Waals surface area contributed by atoms with Crippen LogP contribution in [0.5, 0.6) is 0 Å². The molecule has 0 saturated heterocycles. The van der Waals surface area contributed by atoms with Crippen LogP contribution in [0.25, 0.3) is 0 Å². The Morgan fingerprint density at radius 3 is 2.35 bits per heavy atom. The number of hydrogen-bond acceptors (Lipinski definition) is 2. The molecule has 0 radical (unpaired) electrons. The summed E-state index contributed by atoms with van der Waals surface area (Å²) in [6.07, 6.45) is 6.43. The number of rotatable bonds is 8. The average molecular weight is 274 g/mol. The van der Waals surface area contributed by atoms with Crippen LogP contribution in [0.2, 0.25) is 0 Å². The second kappa shape index (κ2) is 8.43. The lowest BCUT2D eigenvalue weighted by Crippen LogP contribution is -2.45. The van der Waals surface area contributed by atoms with Gasteiger partial charge >= 0.3 is 0 Å². The van der Waals surface area contributed by atoms with E-state index in [0.29, 0.717) is 6.04 Å². The standard InChI is InChI=1S/C18H30N2/c1-3-5-11-20(12-6-4-2)15-18-13-16-9-7-8-10-17(16)14-19-18/h7-10,18-19H,3-6,11-15H2,1-2H3. The van der Waals surface area contributed by atoms with Crippen LogP contribution >= 0.6 is 0 Å². The van der Waals surface area contributed by atoms with E-state index in [2.05, 4.69) is 48.3 Å². The van der Waals surface area contributed by atoms with Gasteiger partial charge in [-0.05, 0) is 43.5 Å². The van der Waals surface area contributed by atoms with E-state index < -0.39 is 0 Å². The van der Waals surface area contributed by atoms with Crippen molar-refractivity contribution in [1.29, 1.82) is 0 Å². The minimum absolute atomic E-state index is 0.624. The van der Waals surface area contributed by atoms with Crippen molar-refractivity contribution in [3.8, 4) is 0 Å². The second-order valence-electron chi connectivity index (χ2n) is 6.06. The quantitative estimate of drug-likeness (QED) is 0.779. The first-order chi connectivity index (χ1) is 9.83. The van der Waals surface area contributed by atoms with Crippen molar-refractivity contribution >= 4 is 0 Å². The number of benzene rings is 1. The monoisotopic (exact) mass is 274 g/mol. The predicted molar refractivity (Wildman–Crippen MR) is 87.0 cm³/mol. The minimum Gasteiger partial charge on any atom is -0.308 e. The maximum Gasteiger partial charge on any atom is 0.0238 e. The normalized spacial score (nSPS) is 18.2. The van der Waals surface area contributed by atoms with Crippen molar-refractivity contribution in [3.05, 3.63) is 35.4 Å². The zero-order chi connectivity index (χ0) is 14.2. The van der Waals surface area contributed by atoms with Gasteiger partial charge in [0.05, 0.1) is 0 Å². The van der Waals surface area contributed by atoms with E-state index in [1.807, 2.05) is 0 Å². The van der Waals surface area contributed by atoms with Crippen LogP contribution in [0.4, 0.5) is 0 Å². The van der Waals surface area contributed by atoms with Crippen molar-refractivity contribution in [2.45, 2.75) is 58.5 Å². The summed E-state index contributed by atoms with van der Waals surface area (Å²) in [5.41, 5.74) is 3.03. The molecule has 0 bridgehead atoms. The topological polar surface area (TPSA) is 15.3 Å². The summed E-state index contributed by atoms with van der Waals surface area (Å²) in [6, 6.07) is 9.50. The van der Waals surface area contributed by atoms with Gasteiger partial charge in [0.1, 0.15) is 0 Å². The van der Waals surface area contributed by atoms with Gasteiger partial charge in [-0.15, -0.1) is 0 Å². The predicted octanol–water partition coefficient (Wildman–Crippen LogP) is 3.60. The number of nitrogens with one attached hydrogen (secondary N) is 1. The molecule has 2 heteroatoms. The van der Waals surface area contributed by atoms with Gasteiger partial charge in [0, 0.05) is 19.1 Å². The Kier molecular flexibility index (Phi) is 6.55. The van der Waals surface area contributed by atoms with Gasteiger partial charge in [-0.3, -0.25) is 0 Å². The van der Waals surface area contributed by atoms with Crippen molar-refractivity contribution in [3.63, 3.8) is 0 Å². The van der Waals surface area contributed by atoms with Crippen LogP contribution in [0, 0.1) is 0 Å². The molecule has 1 atom stereocenters. The molecular formula is C18H30N2.